The Hall–Kier alpha value is -2.79. The summed E-state index contributed by atoms with van der Waals surface area (Å²) in [6, 6.07) is 14.9. The summed E-state index contributed by atoms with van der Waals surface area (Å²) < 4.78 is 11.8. The van der Waals surface area contributed by atoms with E-state index in [-0.39, 0.29) is 18.1 Å². The van der Waals surface area contributed by atoms with Gasteiger partial charge in [0.15, 0.2) is 0 Å². The summed E-state index contributed by atoms with van der Waals surface area (Å²) in [6.07, 6.45) is 1.55. The highest BCUT2D eigenvalue weighted by molar-refractivity contribution is 5.90. The van der Waals surface area contributed by atoms with Gasteiger partial charge in [-0.3, -0.25) is 0 Å². The Morgan fingerprint density at radius 2 is 1.86 bits per heavy atom. The summed E-state index contributed by atoms with van der Waals surface area (Å²) in [5, 5.41) is 4.45. The molecule has 0 radical (unpaired) electrons. The third-order valence-electron chi connectivity index (χ3n) is 4.43. The molecule has 2 N–H and O–H groups in total. The molecule has 1 atom stereocenters. The molecule has 0 aliphatic heterocycles. The zero-order chi connectivity index (χ0) is 20.1. The number of H-pyrrole nitrogens is 1. The lowest BCUT2D eigenvalue weighted by molar-refractivity contribution is 0.0163. The van der Waals surface area contributed by atoms with Gasteiger partial charge in [-0.15, -0.1) is 0 Å². The third kappa shape index (κ3) is 5.14. The fourth-order valence-corrected chi connectivity index (χ4v) is 2.97. The van der Waals surface area contributed by atoms with Crippen molar-refractivity contribution in [1.82, 2.24) is 10.3 Å². The smallest absolute Gasteiger partial charge is 0.338 e. The van der Waals surface area contributed by atoms with E-state index >= 15 is 0 Å². The first-order chi connectivity index (χ1) is 13.3. The maximum absolute atomic E-state index is 12.5. The van der Waals surface area contributed by atoms with Gasteiger partial charge in [0.05, 0.1) is 5.56 Å². The molecule has 0 saturated heterocycles. The predicted molar refractivity (Wildman–Crippen MR) is 112 cm³/mol. The standard InChI is InChI=1S/C23H28N2O3/c1-16-13-24-19-11-8-12-20(21(16)19)27-15-18(14-25-23(2,3)4)28-22(26)17-9-6-5-7-10-17/h5-13,18,24-25H,14-15H2,1-4H3/t18-/m1/s1. The lowest BCUT2D eigenvalue weighted by Gasteiger charge is -2.25. The van der Waals surface area contributed by atoms with Gasteiger partial charge >= 0.3 is 5.97 Å². The van der Waals surface area contributed by atoms with E-state index in [4.69, 9.17) is 9.47 Å². The summed E-state index contributed by atoms with van der Waals surface area (Å²) in [6.45, 7) is 9.05. The maximum Gasteiger partial charge on any atom is 0.338 e. The van der Waals surface area contributed by atoms with Gasteiger partial charge in [0.1, 0.15) is 18.5 Å². The molecule has 5 heteroatoms. The van der Waals surface area contributed by atoms with Crippen molar-refractivity contribution in [2.75, 3.05) is 13.2 Å². The highest BCUT2D eigenvalue weighted by Gasteiger charge is 2.20. The topological polar surface area (TPSA) is 63.4 Å². The summed E-state index contributed by atoms with van der Waals surface area (Å²) in [5.41, 5.74) is 2.60. The van der Waals surface area contributed by atoms with Crippen LogP contribution in [0.1, 0.15) is 36.7 Å². The van der Waals surface area contributed by atoms with E-state index in [0.29, 0.717) is 12.1 Å². The molecule has 3 aromatic rings. The van der Waals surface area contributed by atoms with E-state index in [1.165, 1.54) is 0 Å². The van der Waals surface area contributed by atoms with Crippen molar-refractivity contribution in [1.29, 1.82) is 0 Å². The first-order valence-corrected chi connectivity index (χ1v) is 9.54. The van der Waals surface area contributed by atoms with Crippen LogP contribution in [0.5, 0.6) is 5.75 Å². The molecule has 2 aromatic carbocycles. The lowest BCUT2D eigenvalue weighted by atomic mass is 10.1. The number of rotatable bonds is 7. The van der Waals surface area contributed by atoms with Crippen molar-refractivity contribution in [2.24, 2.45) is 0 Å². The Morgan fingerprint density at radius 3 is 2.57 bits per heavy atom. The molecule has 3 rings (SSSR count). The summed E-state index contributed by atoms with van der Waals surface area (Å²) in [5.74, 6) is 0.439. The van der Waals surface area contributed by atoms with Gasteiger partial charge < -0.3 is 19.8 Å². The molecule has 1 heterocycles. The minimum absolute atomic E-state index is 0.0886. The molecule has 5 nitrogen and oxygen atoms in total. The predicted octanol–water partition coefficient (Wildman–Crippen LogP) is 4.47. The number of hydrogen-bond acceptors (Lipinski definition) is 4. The van der Waals surface area contributed by atoms with Crippen molar-refractivity contribution in [2.45, 2.75) is 39.3 Å². The lowest BCUT2D eigenvalue weighted by Crippen LogP contribution is -2.44. The van der Waals surface area contributed by atoms with Crippen LogP contribution >= 0.6 is 0 Å². The zero-order valence-corrected chi connectivity index (χ0v) is 16.9. The number of esters is 1. The van der Waals surface area contributed by atoms with Crippen molar-refractivity contribution in [3.63, 3.8) is 0 Å². The number of benzene rings is 2. The number of hydrogen-bond donors (Lipinski definition) is 2. The molecule has 0 saturated carbocycles. The highest BCUT2D eigenvalue weighted by atomic mass is 16.6. The van der Waals surface area contributed by atoms with Crippen molar-refractivity contribution in [3.8, 4) is 5.75 Å². The van der Waals surface area contributed by atoms with E-state index in [1.807, 2.05) is 49.5 Å². The van der Waals surface area contributed by atoms with Crippen LogP contribution in [-0.4, -0.2) is 35.7 Å². The molecule has 0 aliphatic carbocycles. The second-order valence-corrected chi connectivity index (χ2v) is 7.99. The van der Waals surface area contributed by atoms with Crippen LogP contribution in [0.4, 0.5) is 0 Å². The minimum atomic E-state index is -0.415. The van der Waals surface area contributed by atoms with E-state index in [2.05, 4.69) is 31.1 Å². The number of aryl methyl sites for hydroxylation is 1. The van der Waals surface area contributed by atoms with Crippen molar-refractivity contribution >= 4 is 16.9 Å². The molecule has 0 fully saturated rings. The first-order valence-electron chi connectivity index (χ1n) is 9.54. The van der Waals surface area contributed by atoms with Crippen LogP contribution < -0.4 is 10.1 Å². The van der Waals surface area contributed by atoms with E-state index in [1.54, 1.807) is 12.1 Å². The summed E-state index contributed by atoms with van der Waals surface area (Å²) >= 11 is 0. The molecule has 0 unspecified atom stereocenters. The molecule has 0 bridgehead atoms. The molecule has 28 heavy (non-hydrogen) atoms. The second kappa shape index (κ2) is 8.48. The Kier molecular flexibility index (Phi) is 6.05. The van der Waals surface area contributed by atoms with Crippen LogP contribution in [0.3, 0.4) is 0 Å². The van der Waals surface area contributed by atoms with Gasteiger partial charge in [0, 0.05) is 29.2 Å². The number of fused-ring (bicyclic) bond motifs is 1. The Morgan fingerprint density at radius 1 is 1.11 bits per heavy atom. The molecule has 1 aromatic heterocycles. The van der Waals surface area contributed by atoms with Gasteiger partial charge in [-0.1, -0.05) is 24.3 Å². The first kappa shape index (κ1) is 20.0. The van der Waals surface area contributed by atoms with Crippen LogP contribution in [0.25, 0.3) is 10.9 Å². The Bertz CT molecular complexity index is 926. The second-order valence-electron chi connectivity index (χ2n) is 7.99. The maximum atomic E-state index is 12.5. The molecule has 148 valence electrons. The van der Waals surface area contributed by atoms with Gasteiger partial charge in [-0.25, -0.2) is 4.79 Å². The molecular formula is C23H28N2O3. The number of nitrogens with one attached hydrogen (secondary N) is 2. The average Bonchev–Trinajstić information content (AvgIpc) is 3.05. The zero-order valence-electron chi connectivity index (χ0n) is 16.9. The van der Waals surface area contributed by atoms with Gasteiger partial charge in [-0.2, -0.15) is 0 Å². The Balaban J connectivity index is 1.73. The monoisotopic (exact) mass is 380 g/mol. The molecular weight excluding hydrogens is 352 g/mol. The quantitative estimate of drug-likeness (QED) is 0.594. The molecule has 0 aliphatic rings. The fraction of sp³-hybridized carbons (Fsp3) is 0.348. The van der Waals surface area contributed by atoms with Gasteiger partial charge in [0.2, 0.25) is 0 Å². The van der Waals surface area contributed by atoms with Gasteiger partial charge in [-0.05, 0) is 57.5 Å². The summed E-state index contributed by atoms with van der Waals surface area (Å²) in [4.78, 5) is 15.7. The van der Waals surface area contributed by atoms with E-state index < -0.39 is 6.10 Å². The summed E-state index contributed by atoms with van der Waals surface area (Å²) in [7, 11) is 0. The Labute approximate surface area is 166 Å². The number of aromatic nitrogens is 1. The van der Waals surface area contributed by atoms with E-state index in [9.17, 15) is 4.79 Å². The number of carbonyl (C=O) groups is 1. The third-order valence-corrected chi connectivity index (χ3v) is 4.43. The SMILES string of the molecule is Cc1c[nH]c2cccc(OC[C@@H](CNC(C)(C)C)OC(=O)c3ccccc3)c12. The van der Waals surface area contributed by atoms with Crippen molar-refractivity contribution < 1.29 is 14.3 Å². The van der Waals surface area contributed by atoms with Crippen LogP contribution in [-0.2, 0) is 4.74 Å². The van der Waals surface area contributed by atoms with Crippen LogP contribution in [0.15, 0.2) is 54.7 Å². The van der Waals surface area contributed by atoms with E-state index in [0.717, 1.165) is 22.2 Å². The number of aromatic amines is 1. The number of carbonyl (C=O) groups excluding carboxylic acids is 1. The normalized spacial score (nSPS) is 12.7. The molecule has 0 amide bonds. The number of ether oxygens (including phenoxy) is 2. The minimum Gasteiger partial charge on any atom is -0.489 e. The highest BCUT2D eigenvalue weighted by Crippen LogP contribution is 2.28. The van der Waals surface area contributed by atoms with Crippen LogP contribution in [0, 0.1) is 6.92 Å². The van der Waals surface area contributed by atoms with Gasteiger partial charge in [0.25, 0.3) is 0 Å². The fourth-order valence-electron chi connectivity index (χ4n) is 2.97. The average molecular weight is 380 g/mol. The largest absolute Gasteiger partial charge is 0.489 e. The van der Waals surface area contributed by atoms with Crippen molar-refractivity contribution in [3.05, 3.63) is 65.9 Å². The van der Waals surface area contributed by atoms with Crippen LogP contribution in [0.2, 0.25) is 0 Å². The molecule has 0 spiro atoms.